The number of hydrogen-bond acceptors (Lipinski definition) is 4. The zero-order valence-electron chi connectivity index (χ0n) is 7.70. The Morgan fingerprint density at radius 3 is 2.73 bits per heavy atom. The third-order valence-electron chi connectivity index (χ3n) is 1.80. The SMILES string of the molecule is COc1ccc(-c2nnc(Cl)o2)cc1F. The summed E-state index contributed by atoms with van der Waals surface area (Å²) in [6.45, 7) is 0. The quantitative estimate of drug-likeness (QED) is 0.793. The van der Waals surface area contributed by atoms with E-state index < -0.39 is 5.82 Å². The van der Waals surface area contributed by atoms with Crippen LogP contribution in [0.3, 0.4) is 0 Å². The topological polar surface area (TPSA) is 48.2 Å². The van der Waals surface area contributed by atoms with E-state index in [1.807, 2.05) is 0 Å². The molecule has 15 heavy (non-hydrogen) atoms. The summed E-state index contributed by atoms with van der Waals surface area (Å²) in [5, 5.41) is 7.00. The van der Waals surface area contributed by atoms with E-state index in [1.54, 1.807) is 6.07 Å². The Morgan fingerprint density at radius 2 is 2.20 bits per heavy atom. The van der Waals surface area contributed by atoms with Gasteiger partial charge in [0, 0.05) is 5.56 Å². The van der Waals surface area contributed by atoms with Crippen LogP contribution in [0, 0.1) is 5.82 Å². The zero-order valence-corrected chi connectivity index (χ0v) is 8.45. The molecule has 78 valence electrons. The monoisotopic (exact) mass is 228 g/mol. The van der Waals surface area contributed by atoms with Gasteiger partial charge >= 0.3 is 5.35 Å². The van der Waals surface area contributed by atoms with Crippen LogP contribution in [-0.2, 0) is 0 Å². The average molecular weight is 229 g/mol. The van der Waals surface area contributed by atoms with Crippen LogP contribution in [-0.4, -0.2) is 17.3 Å². The minimum absolute atomic E-state index is 0.0822. The number of ether oxygens (including phenoxy) is 1. The fourth-order valence-corrected chi connectivity index (χ4v) is 1.23. The van der Waals surface area contributed by atoms with Gasteiger partial charge in [-0.05, 0) is 29.8 Å². The highest BCUT2D eigenvalue weighted by Gasteiger charge is 2.10. The van der Waals surface area contributed by atoms with E-state index in [9.17, 15) is 4.39 Å². The van der Waals surface area contributed by atoms with E-state index in [2.05, 4.69) is 10.2 Å². The first-order chi connectivity index (χ1) is 7.20. The molecular weight excluding hydrogens is 223 g/mol. The summed E-state index contributed by atoms with van der Waals surface area (Å²) >= 11 is 5.45. The second-order valence-electron chi connectivity index (χ2n) is 2.71. The van der Waals surface area contributed by atoms with Gasteiger partial charge in [-0.1, -0.05) is 5.10 Å². The smallest absolute Gasteiger partial charge is 0.313 e. The van der Waals surface area contributed by atoms with Gasteiger partial charge in [0.1, 0.15) is 0 Å². The highest BCUT2D eigenvalue weighted by atomic mass is 35.5. The summed E-state index contributed by atoms with van der Waals surface area (Å²) in [6.07, 6.45) is 0. The third kappa shape index (κ3) is 1.92. The van der Waals surface area contributed by atoms with Gasteiger partial charge in [-0.2, -0.15) is 0 Å². The predicted octanol–water partition coefficient (Wildman–Crippen LogP) is 2.54. The van der Waals surface area contributed by atoms with E-state index in [-0.39, 0.29) is 17.0 Å². The number of aromatic nitrogens is 2. The molecule has 0 unspecified atom stereocenters. The molecule has 2 rings (SSSR count). The molecule has 0 spiro atoms. The Bertz CT molecular complexity index is 487. The van der Waals surface area contributed by atoms with Crippen LogP contribution in [0.5, 0.6) is 5.75 Å². The molecule has 4 nitrogen and oxygen atoms in total. The summed E-state index contributed by atoms with van der Waals surface area (Å²) < 4.78 is 23.0. The minimum atomic E-state index is -0.496. The molecule has 0 saturated carbocycles. The second-order valence-corrected chi connectivity index (χ2v) is 3.03. The van der Waals surface area contributed by atoms with E-state index in [1.165, 1.54) is 19.2 Å². The lowest BCUT2D eigenvalue weighted by molar-refractivity contribution is 0.386. The highest BCUT2D eigenvalue weighted by molar-refractivity contribution is 6.27. The number of halogens is 2. The molecule has 0 amide bonds. The first kappa shape index (κ1) is 9.92. The van der Waals surface area contributed by atoms with Crippen LogP contribution in [0.2, 0.25) is 5.35 Å². The molecule has 0 N–H and O–H groups in total. The third-order valence-corrected chi connectivity index (χ3v) is 1.95. The van der Waals surface area contributed by atoms with Crippen molar-refractivity contribution in [3.8, 4) is 17.2 Å². The molecule has 6 heteroatoms. The first-order valence-corrected chi connectivity index (χ1v) is 4.41. The molecular formula is C9H6ClFN2O2. The van der Waals surface area contributed by atoms with Crippen molar-refractivity contribution in [3.63, 3.8) is 0 Å². The van der Waals surface area contributed by atoms with Crippen molar-refractivity contribution >= 4 is 11.6 Å². The molecule has 1 aromatic heterocycles. The average Bonchev–Trinajstić information content (AvgIpc) is 2.65. The van der Waals surface area contributed by atoms with Crippen molar-refractivity contribution in [1.82, 2.24) is 10.2 Å². The van der Waals surface area contributed by atoms with Gasteiger partial charge in [0.15, 0.2) is 11.6 Å². The Morgan fingerprint density at radius 1 is 1.40 bits per heavy atom. The number of rotatable bonds is 2. The normalized spacial score (nSPS) is 10.3. The second kappa shape index (κ2) is 3.86. The van der Waals surface area contributed by atoms with Gasteiger partial charge in [0.25, 0.3) is 0 Å². The number of benzene rings is 1. The van der Waals surface area contributed by atoms with Crippen molar-refractivity contribution in [2.75, 3.05) is 7.11 Å². The standard InChI is InChI=1S/C9H6ClFN2O2/c1-14-7-3-2-5(4-6(7)11)8-12-13-9(10)15-8/h2-4H,1H3. The maximum absolute atomic E-state index is 13.3. The van der Waals surface area contributed by atoms with Gasteiger partial charge < -0.3 is 9.15 Å². The highest BCUT2D eigenvalue weighted by Crippen LogP contribution is 2.25. The molecule has 0 saturated heterocycles. The molecule has 0 bridgehead atoms. The molecule has 1 heterocycles. The fourth-order valence-electron chi connectivity index (χ4n) is 1.12. The van der Waals surface area contributed by atoms with E-state index in [0.717, 1.165) is 0 Å². The molecule has 2 aromatic rings. The summed E-state index contributed by atoms with van der Waals surface area (Å²) in [5.41, 5.74) is 0.452. The van der Waals surface area contributed by atoms with Crippen molar-refractivity contribution in [1.29, 1.82) is 0 Å². The van der Waals surface area contributed by atoms with Gasteiger partial charge in [-0.15, -0.1) is 5.10 Å². The van der Waals surface area contributed by atoms with Crippen LogP contribution < -0.4 is 4.74 Å². The largest absolute Gasteiger partial charge is 0.494 e. The molecule has 0 atom stereocenters. The lowest BCUT2D eigenvalue weighted by atomic mass is 10.2. The molecule has 0 aliphatic carbocycles. The van der Waals surface area contributed by atoms with Crippen LogP contribution in [0.15, 0.2) is 22.6 Å². The van der Waals surface area contributed by atoms with Crippen LogP contribution >= 0.6 is 11.6 Å². The van der Waals surface area contributed by atoms with Gasteiger partial charge in [0.2, 0.25) is 5.89 Å². The zero-order chi connectivity index (χ0) is 10.8. The number of hydrogen-bond donors (Lipinski definition) is 0. The van der Waals surface area contributed by atoms with Crippen LogP contribution in [0.1, 0.15) is 0 Å². The van der Waals surface area contributed by atoms with Crippen molar-refractivity contribution in [2.45, 2.75) is 0 Å². The summed E-state index contributed by atoms with van der Waals surface area (Å²) in [6, 6.07) is 4.32. The fraction of sp³-hybridized carbons (Fsp3) is 0.111. The van der Waals surface area contributed by atoms with Gasteiger partial charge in [-0.3, -0.25) is 0 Å². The lowest BCUT2D eigenvalue weighted by Crippen LogP contribution is -1.88. The van der Waals surface area contributed by atoms with Gasteiger partial charge in [-0.25, -0.2) is 4.39 Å². The Hall–Kier alpha value is -1.62. The predicted molar refractivity (Wildman–Crippen MR) is 51.3 cm³/mol. The molecule has 1 aromatic carbocycles. The Kier molecular flexibility index (Phi) is 2.55. The van der Waals surface area contributed by atoms with E-state index in [0.29, 0.717) is 5.56 Å². The molecule has 0 fully saturated rings. The van der Waals surface area contributed by atoms with E-state index >= 15 is 0 Å². The van der Waals surface area contributed by atoms with Gasteiger partial charge in [0.05, 0.1) is 7.11 Å². The molecule has 0 radical (unpaired) electrons. The Labute approximate surface area is 89.6 Å². The van der Waals surface area contributed by atoms with Crippen molar-refractivity contribution < 1.29 is 13.5 Å². The Balaban J connectivity index is 2.42. The van der Waals surface area contributed by atoms with Crippen molar-refractivity contribution in [3.05, 3.63) is 29.4 Å². The maximum atomic E-state index is 13.3. The van der Waals surface area contributed by atoms with Crippen LogP contribution in [0.4, 0.5) is 4.39 Å². The summed E-state index contributed by atoms with van der Waals surface area (Å²) in [7, 11) is 1.39. The summed E-state index contributed by atoms with van der Waals surface area (Å²) in [4.78, 5) is 0. The van der Waals surface area contributed by atoms with Crippen molar-refractivity contribution in [2.24, 2.45) is 0 Å². The summed E-state index contributed by atoms with van der Waals surface area (Å²) in [5.74, 6) is -0.171. The minimum Gasteiger partial charge on any atom is -0.494 e. The van der Waals surface area contributed by atoms with E-state index in [4.69, 9.17) is 20.8 Å². The number of nitrogens with zero attached hydrogens (tertiary/aromatic N) is 2. The maximum Gasteiger partial charge on any atom is 0.313 e. The molecule has 0 aliphatic heterocycles. The lowest BCUT2D eigenvalue weighted by Gasteiger charge is -2.01. The number of methoxy groups -OCH3 is 1. The first-order valence-electron chi connectivity index (χ1n) is 4.03. The molecule has 0 aliphatic rings. The van der Waals surface area contributed by atoms with Crippen LogP contribution in [0.25, 0.3) is 11.5 Å².